The lowest BCUT2D eigenvalue weighted by atomic mass is 9.99. The van der Waals surface area contributed by atoms with Gasteiger partial charge in [0.25, 0.3) is 0 Å². The van der Waals surface area contributed by atoms with Gasteiger partial charge in [-0.2, -0.15) is 0 Å². The van der Waals surface area contributed by atoms with E-state index in [4.69, 9.17) is 0 Å². The molecule has 3 nitrogen and oxygen atoms in total. The van der Waals surface area contributed by atoms with Crippen LogP contribution in [0.1, 0.15) is 24.8 Å². The van der Waals surface area contributed by atoms with Crippen molar-refractivity contribution in [3.05, 3.63) is 34.3 Å². The van der Waals surface area contributed by atoms with E-state index in [0.29, 0.717) is 19.0 Å². The molecule has 0 bridgehead atoms. The summed E-state index contributed by atoms with van der Waals surface area (Å²) in [5, 5.41) is 0. The van der Waals surface area contributed by atoms with Gasteiger partial charge in [0, 0.05) is 17.6 Å². The van der Waals surface area contributed by atoms with Crippen LogP contribution in [0.3, 0.4) is 0 Å². The van der Waals surface area contributed by atoms with E-state index in [-0.39, 0.29) is 5.75 Å². The van der Waals surface area contributed by atoms with Crippen molar-refractivity contribution >= 4 is 26.0 Å². The zero-order chi connectivity index (χ0) is 12.5. The lowest BCUT2D eigenvalue weighted by Gasteiger charge is -2.15. The number of rotatable bonds is 3. The number of hydrogen-bond donors (Lipinski definition) is 0. The summed E-state index contributed by atoms with van der Waals surface area (Å²) >= 11 is 3.45. The molecule has 2 rings (SSSR count). The molecule has 1 heterocycles. The zero-order valence-corrected chi connectivity index (χ0v) is 12.2. The predicted octanol–water partition coefficient (Wildman–Crippen LogP) is 2.59. The molecular weight excluding hydrogens is 302 g/mol. The highest BCUT2D eigenvalue weighted by atomic mass is 79.9. The average molecular weight is 318 g/mol. The number of nitrogens with zero attached hydrogens (tertiary/aromatic N) is 1. The lowest BCUT2D eigenvalue weighted by Crippen LogP contribution is -2.29. The quantitative estimate of drug-likeness (QED) is 0.859. The molecule has 1 aromatic rings. The lowest BCUT2D eigenvalue weighted by molar-refractivity contribution is 0.474. The highest BCUT2D eigenvalue weighted by Gasteiger charge is 2.30. The molecule has 0 aliphatic carbocycles. The smallest absolute Gasteiger partial charge is 0.212 e. The molecule has 1 atom stereocenters. The van der Waals surface area contributed by atoms with E-state index in [1.165, 1.54) is 5.56 Å². The Hall–Kier alpha value is -0.390. The molecule has 1 saturated heterocycles. The van der Waals surface area contributed by atoms with E-state index in [0.717, 1.165) is 10.9 Å². The fourth-order valence-electron chi connectivity index (χ4n) is 2.20. The van der Waals surface area contributed by atoms with Gasteiger partial charge in [-0.15, -0.1) is 0 Å². The Bertz CT molecular complexity index is 501. The third-order valence-electron chi connectivity index (χ3n) is 3.23. The topological polar surface area (TPSA) is 37.4 Å². The monoisotopic (exact) mass is 317 g/mol. The van der Waals surface area contributed by atoms with Gasteiger partial charge >= 0.3 is 0 Å². The molecule has 0 amide bonds. The molecule has 1 aliphatic heterocycles. The fraction of sp³-hybridized carbons (Fsp3) is 0.500. The van der Waals surface area contributed by atoms with Crippen molar-refractivity contribution in [1.82, 2.24) is 4.31 Å². The Morgan fingerprint density at radius 1 is 1.47 bits per heavy atom. The van der Waals surface area contributed by atoms with Gasteiger partial charge in [0.2, 0.25) is 10.0 Å². The van der Waals surface area contributed by atoms with Gasteiger partial charge in [0.1, 0.15) is 0 Å². The second kappa shape index (κ2) is 5.08. The number of sulfonamides is 1. The van der Waals surface area contributed by atoms with Crippen LogP contribution in [0.5, 0.6) is 0 Å². The van der Waals surface area contributed by atoms with Crippen molar-refractivity contribution in [3.8, 4) is 0 Å². The fourth-order valence-corrected chi connectivity index (χ4v) is 3.77. The van der Waals surface area contributed by atoms with Crippen LogP contribution in [0.4, 0.5) is 0 Å². The Morgan fingerprint density at radius 3 is 2.88 bits per heavy atom. The van der Waals surface area contributed by atoms with E-state index in [2.05, 4.69) is 28.1 Å². The average Bonchev–Trinajstić information content (AvgIpc) is 2.79. The zero-order valence-electron chi connectivity index (χ0n) is 9.77. The maximum absolute atomic E-state index is 11.8. The first-order valence-corrected chi connectivity index (χ1v) is 8.16. The van der Waals surface area contributed by atoms with Gasteiger partial charge in [-0.3, -0.25) is 0 Å². The summed E-state index contributed by atoms with van der Waals surface area (Å²) in [7, 11) is -3.03. The minimum absolute atomic E-state index is 0.193. The summed E-state index contributed by atoms with van der Waals surface area (Å²) in [6.45, 7) is 2.96. The molecule has 0 N–H and O–H groups in total. The van der Waals surface area contributed by atoms with Crippen LogP contribution < -0.4 is 0 Å². The molecule has 1 fully saturated rings. The van der Waals surface area contributed by atoms with Crippen molar-refractivity contribution in [3.63, 3.8) is 0 Å². The van der Waals surface area contributed by atoms with Crippen molar-refractivity contribution < 1.29 is 8.42 Å². The third kappa shape index (κ3) is 2.89. The summed E-state index contributed by atoms with van der Waals surface area (Å²) < 4.78 is 26.2. The van der Waals surface area contributed by atoms with Crippen molar-refractivity contribution in [2.75, 3.05) is 18.8 Å². The van der Waals surface area contributed by atoms with E-state index < -0.39 is 10.0 Å². The van der Waals surface area contributed by atoms with Crippen LogP contribution in [0.25, 0.3) is 0 Å². The van der Waals surface area contributed by atoms with Crippen molar-refractivity contribution in [1.29, 1.82) is 0 Å². The second-order valence-corrected chi connectivity index (χ2v) is 7.47. The summed E-state index contributed by atoms with van der Waals surface area (Å²) in [5.74, 6) is 0.520. The highest BCUT2D eigenvalue weighted by Crippen LogP contribution is 2.30. The Kier molecular flexibility index (Phi) is 3.90. The molecule has 0 saturated carbocycles. The van der Waals surface area contributed by atoms with Crippen LogP contribution >= 0.6 is 15.9 Å². The first-order valence-electron chi connectivity index (χ1n) is 5.76. The minimum Gasteiger partial charge on any atom is -0.212 e. The Labute approximate surface area is 111 Å². The number of benzene rings is 1. The van der Waals surface area contributed by atoms with Gasteiger partial charge in [-0.05, 0) is 37.0 Å². The minimum atomic E-state index is -3.03. The van der Waals surface area contributed by atoms with E-state index in [9.17, 15) is 8.42 Å². The molecular formula is C12H16BrNO2S. The van der Waals surface area contributed by atoms with Gasteiger partial charge < -0.3 is 0 Å². The summed E-state index contributed by atoms with van der Waals surface area (Å²) in [6, 6.07) is 8.12. The largest absolute Gasteiger partial charge is 0.213 e. The maximum atomic E-state index is 11.8. The summed E-state index contributed by atoms with van der Waals surface area (Å²) in [5.41, 5.74) is 1.22. The predicted molar refractivity (Wildman–Crippen MR) is 72.5 cm³/mol. The molecule has 0 aromatic heterocycles. The van der Waals surface area contributed by atoms with Gasteiger partial charge in [-0.25, -0.2) is 12.7 Å². The first-order chi connectivity index (χ1) is 8.03. The summed E-state index contributed by atoms with van der Waals surface area (Å²) in [4.78, 5) is 0. The van der Waals surface area contributed by atoms with E-state index in [1.807, 2.05) is 12.1 Å². The van der Waals surface area contributed by atoms with Gasteiger partial charge in [0.05, 0.1) is 5.75 Å². The number of halogens is 1. The van der Waals surface area contributed by atoms with Crippen molar-refractivity contribution in [2.24, 2.45) is 0 Å². The SMILES string of the molecule is CCS(=O)(=O)N1CCC(c2cccc(Br)c2)C1. The molecule has 0 spiro atoms. The maximum Gasteiger partial charge on any atom is 0.213 e. The van der Waals surface area contributed by atoms with Crippen LogP contribution in [-0.4, -0.2) is 31.6 Å². The molecule has 94 valence electrons. The van der Waals surface area contributed by atoms with Crippen LogP contribution in [-0.2, 0) is 10.0 Å². The Morgan fingerprint density at radius 2 is 2.24 bits per heavy atom. The van der Waals surface area contributed by atoms with Crippen LogP contribution in [0.2, 0.25) is 0 Å². The summed E-state index contributed by atoms with van der Waals surface area (Å²) in [6.07, 6.45) is 0.912. The standard InChI is InChI=1S/C12H16BrNO2S/c1-2-17(15,16)14-7-6-11(9-14)10-4-3-5-12(13)8-10/h3-5,8,11H,2,6-7,9H2,1H3. The van der Waals surface area contributed by atoms with E-state index >= 15 is 0 Å². The molecule has 0 radical (unpaired) electrons. The Balaban J connectivity index is 2.13. The second-order valence-electron chi connectivity index (χ2n) is 4.30. The molecule has 17 heavy (non-hydrogen) atoms. The molecule has 1 unspecified atom stereocenters. The van der Waals surface area contributed by atoms with E-state index in [1.54, 1.807) is 11.2 Å². The van der Waals surface area contributed by atoms with Crippen LogP contribution in [0.15, 0.2) is 28.7 Å². The first kappa shape index (κ1) is 13.1. The third-order valence-corrected chi connectivity index (χ3v) is 5.57. The highest BCUT2D eigenvalue weighted by molar-refractivity contribution is 9.10. The van der Waals surface area contributed by atoms with Crippen LogP contribution in [0, 0.1) is 0 Å². The molecule has 1 aromatic carbocycles. The molecule has 5 heteroatoms. The van der Waals surface area contributed by atoms with Gasteiger partial charge in [0.15, 0.2) is 0 Å². The molecule has 1 aliphatic rings. The normalized spacial score (nSPS) is 21.9. The number of hydrogen-bond acceptors (Lipinski definition) is 2. The van der Waals surface area contributed by atoms with Crippen molar-refractivity contribution in [2.45, 2.75) is 19.3 Å². The van der Waals surface area contributed by atoms with Gasteiger partial charge in [-0.1, -0.05) is 28.1 Å².